The molecule has 0 aliphatic heterocycles. The van der Waals surface area contributed by atoms with E-state index in [4.69, 9.17) is 16.7 Å². The van der Waals surface area contributed by atoms with Crippen LogP contribution in [0.5, 0.6) is 0 Å². The van der Waals surface area contributed by atoms with Gasteiger partial charge >= 0.3 is 0 Å². The van der Waals surface area contributed by atoms with Crippen molar-refractivity contribution in [2.75, 3.05) is 6.61 Å². The molecule has 1 rings (SSSR count). The number of hydrogen-bond acceptors (Lipinski definition) is 1. The number of aliphatic hydroxyl groups is 1. The molecule has 0 saturated heterocycles. The zero-order valence-electron chi connectivity index (χ0n) is 6.77. The lowest BCUT2D eigenvalue weighted by atomic mass is 10.1. The average molecular weight is 189 g/mol. The van der Waals surface area contributed by atoms with E-state index in [1.807, 2.05) is 0 Å². The third-order valence-corrected chi connectivity index (χ3v) is 2.12. The molecule has 1 nitrogen and oxygen atoms in total. The summed E-state index contributed by atoms with van der Waals surface area (Å²) in [7, 11) is 0. The maximum absolute atomic E-state index is 13.0. The van der Waals surface area contributed by atoms with Gasteiger partial charge in [0.25, 0.3) is 0 Å². The monoisotopic (exact) mass is 188 g/mol. The molecule has 1 aromatic rings. The fourth-order valence-electron chi connectivity index (χ4n) is 1.000. The van der Waals surface area contributed by atoms with Crippen LogP contribution in [0.15, 0.2) is 12.1 Å². The van der Waals surface area contributed by atoms with Crippen LogP contribution in [-0.4, -0.2) is 11.7 Å². The van der Waals surface area contributed by atoms with Crippen molar-refractivity contribution >= 4 is 11.6 Å². The van der Waals surface area contributed by atoms with Gasteiger partial charge in [-0.15, -0.1) is 0 Å². The smallest absolute Gasteiger partial charge is 0.126 e. The predicted molar refractivity (Wildman–Crippen MR) is 46.9 cm³/mol. The van der Waals surface area contributed by atoms with Crippen molar-refractivity contribution in [2.24, 2.45) is 0 Å². The van der Waals surface area contributed by atoms with Crippen LogP contribution < -0.4 is 0 Å². The first-order chi connectivity index (χ1) is 5.65. The van der Waals surface area contributed by atoms with Crippen LogP contribution in [0.2, 0.25) is 5.02 Å². The van der Waals surface area contributed by atoms with Crippen molar-refractivity contribution in [3.05, 3.63) is 34.1 Å². The topological polar surface area (TPSA) is 20.2 Å². The quantitative estimate of drug-likeness (QED) is 0.755. The molecule has 1 aromatic carbocycles. The summed E-state index contributed by atoms with van der Waals surface area (Å²) in [5.74, 6) is -0.300. The van der Waals surface area contributed by atoms with E-state index in [-0.39, 0.29) is 12.4 Å². The highest BCUT2D eigenvalue weighted by molar-refractivity contribution is 6.31. The van der Waals surface area contributed by atoms with Crippen LogP contribution in [0.4, 0.5) is 4.39 Å². The van der Waals surface area contributed by atoms with E-state index in [9.17, 15) is 4.39 Å². The van der Waals surface area contributed by atoms with Crippen LogP contribution in [0.3, 0.4) is 0 Å². The number of hydrogen-bond donors (Lipinski definition) is 1. The summed E-state index contributed by atoms with van der Waals surface area (Å²) in [6.07, 6.45) is 0.311. The van der Waals surface area contributed by atoms with Gasteiger partial charge in [0.15, 0.2) is 0 Å². The molecule has 12 heavy (non-hydrogen) atoms. The molecule has 0 aromatic heterocycles. The molecule has 3 heteroatoms. The SMILES string of the molecule is Cc1cc(F)c(CCO)cc1Cl. The molecule has 0 atom stereocenters. The summed E-state index contributed by atoms with van der Waals surface area (Å²) < 4.78 is 13.0. The molecule has 0 saturated carbocycles. The second kappa shape index (κ2) is 3.87. The first kappa shape index (κ1) is 9.49. The minimum Gasteiger partial charge on any atom is -0.396 e. The van der Waals surface area contributed by atoms with E-state index in [0.717, 1.165) is 5.56 Å². The van der Waals surface area contributed by atoms with Crippen molar-refractivity contribution in [3.63, 3.8) is 0 Å². The maximum Gasteiger partial charge on any atom is 0.126 e. The van der Waals surface area contributed by atoms with Gasteiger partial charge in [-0.1, -0.05) is 11.6 Å². The zero-order chi connectivity index (χ0) is 9.14. The molecule has 0 unspecified atom stereocenters. The molecule has 0 aliphatic carbocycles. The molecule has 0 amide bonds. The van der Waals surface area contributed by atoms with Gasteiger partial charge in [0.05, 0.1) is 0 Å². The highest BCUT2D eigenvalue weighted by Gasteiger charge is 2.04. The van der Waals surface area contributed by atoms with Gasteiger partial charge in [-0.2, -0.15) is 0 Å². The van der Waals surface area contributed by atoms with Crippen LogP contribution in [0, 0.1) is 12.7 Å². The molecular weight excluding hydrogens is 179 g/mol. The molecule has 0 heterocycles. The van der Waals surface area contributed by atoms with Crippen molar-refractivity contribution in [3.8, 4) is 0 Å². The fraction of sp³-hybridized carbons (Fsp3) is 0.333. The van der Waals surface area contributed by atoms with Crippen molar-refractivity contribution < 1.29 is 9.50 Å². The maximum atomic E-state index is 13.0. The number of aliphatic hydroxyl groups excluding tert-OH is 1. The number of halogens is 2. The van der Waals surface area contributed by atoms with Gasteiger partial charge in [0, 0.05) is 11.6 Å². The average Bonchev–Trinajstić information content (AvgIpc) is 2.01. The van der Waals surface area contributed by atoms with Gasteiger partial charge in [0.1, 0.15) is 5.82 Å². The van der Waals surface area contributed by atoms with E-state index >= 15 is 0 Å². The van der Waals surface area contributed by atoms with E-state index in [1.165, 1.54) is 6.07 Å². The minimum atomic E-state index is -0.300. The molecule has 0 fully saturated rings. The first-order valence-electron chi connectivity index (χ1n) is 3.70. The standard InChI is InChI=1S/C9H10ClFO/c1-6-4-9(11)7(2-3-12)5-8(6)10/h4-5,12H,2-3H2,1H3. The summed E-state index contributed by atoms with van der Waals surface area (Å²) in [4.78, 5) is 0. The lowest BCUT2D eigenvalue weighted by Gasteiger charge is -2.03. The van der Waals surface area contributed by atoms with Gasteiger partial charge in [-0.25, -0.2) is 4.39 Å². The summed E-state index contributed by atoms with van der Waals surface area (Å²) in [6, 6.07) is 2.94. The summed E-state index contributed by atoms with van der Waals surface area (Å²) in [5, 5.41) is 9.14. The van der Waals surface area contributed by atoms with Crippen LogP contribution in [-0.2, 0) is 6.42 Å². The second-order valence-electron chi connectivity index (χ2n) is 2.67. The van der Waals surface area contributed by atoms with E-state index in [1.54, 1.807) is 13.0 Å². The molecule has 0 aliphatic rings. The van der Waals surface area contributed by atoms with E-state index in [2.05, 4.69) is 0 Å². The van der Waals surface area contributed by atoms with Gasteiger partial charge < -0.3 is 5.11 Å². The minimum absolute atomic E-state index is 0.0592. The fourth-order valence-corrected chi connectivity index (χ4v) is 1.19. The molecule has 66 valence electrons. The summed E-state index contributed by atoms with van der Waals surface area (Å²) >= 11 is 5.77. The molecule has 1 N–H and O–H groups in total. The van der Waals surface area contributed by atoms with Crippen molar-refractivity contribution in [1.82, 2.24) is 0 Å². The normalized spacial score (nSPS) is 10.3. The summed E-state index contributed by atoms with van der Waals surface area (Å²) in [5.41, 5.74) is 1.18. The predicted octanol–water partition coefficient (Wildman–Crippen LogP) is 2.32. The molecule has 0 bridgehead atoms. The third-order valence-electron chi connectivity index (χ3n) is 1.71. The Labute approximate surface area is 75.8 Å². The Morgan fingerprint density at radius 1 is 1.50 bits per heavy atom. The Bertz CT molecular complexity index is 286. The van der Waals surface area contributed by atoms with Gasteiger partial charge in [-0.3, -0.25) is 0 Å². The van der Waals surface area contributed by atoms with Crippen molar-refractivity contribution in [2.45, 2.75) is 13.3 Å². The van der Waals surface area contributed by atoms with Gasteiger partial charge in [0.2, 0.25) is 0 Å². The van der Waals surface area contributed by atoms with Gasteiger partial charge in [-0.05, 0) is 36.6 Å². The number of aryl methyl sites for hydroxylation is 1. The largest absolute Gasteiger partial charge is 0.396 e. The summed E-state index contributed by atoms with van der Waals surface area (Å²) in [6.45, 7) is 1.68. The third kappa shape index (κ3) is 1.96. The second-order valence-corrected chi connectivity index (χ2v) is 3.07. The Kier molecular flexibility index (Phi) is 3.06. The molecule has 0 spiro atoms. The molecular formula is C9H10ClFO. The Morgan fingerprint density at radius 2 is 2.17 bits per heavy atom. The van der Waals surface area contributed by atoms with Crippen LogP contribution >= 0.6 is 11.6 Å². The Morgan fingerprint density at radius 3 is 2.75 bits per heavy atom. The van der Waals surface area contributed by atoms with Crippen molar-refractivity contribution in [1.29, 1.82) is 0 Å². The van der Waals surface area contributed by atoms with E-state index < -0.39 is 0 Å². The first-order valence-corrected chi connectivity index (χ1v) is 4.08. The number of benzene rings is 1. The lowest BCUT2D eigenvalue weighted by molar-refractivity contribution is 0.297. The zero-order valence-corrected chi connectivity index (χ0v) is 7.53. The lowest BCUT2D eigenvalue weighted by Crippen LogP contribution is -1.95. The van der Waals surface area contributed by atoms with Crippen LogP contribution in [0.1, 0.15) is 11.1 Å². The highest BCUT2D eigenvalue weighted by Crippen LogP contribution is 2.20. The number of rotatable bonds is 2. The Hall–Kier alpha value is -0.600. The highest BCUT2D eigenvalue weighted by atomic mass is 35.5. The molecule has 0 radical (unpaired) electrons. The Balaban J connectivity index is 3.05. The van der Waals surface area contributed by atoms with E-state index in [0.29, 0.717) is 17.0 Å². The van der Waals surface area contributed by atoms with Crippen LogP contribution in [0.25, 0.3) is 0 Å².